The van der Waals surface area contributed by atoms with E-state index in [9.17, 15) is 4.79 Å². The topological polar surface area (TPSA) is 20.3 Å². The predicted molar refractivity (Wildman–Crippen MR) is 66.2 cm³/mol. The maximum atomic E-state index is 11.1. The minimum Gasteiger partial charge on any atom is -0.302 e. The zero-order chi connectivity index (χ0) is 11.1. The molecule has 0 saturated carbocycles. The quantitative estimate of drug-likeness (QED) is 0.740. The summed E-state index contributed by atoms with van der Waals surface area (Å²) in [7, 11) is 2.04. The molecule has 0 aliphatic heterocycles. The number of carbonyl (C=O) groups excluding carboxylic acids is 1. The summed E-state index contributed by atoms with van der Waals surface area (Å²) in [6.45, 7) is 1.72. The smallest absolute Gasteiger partial charge is 0.144 e. The Labute approximate surface area is 99.4 Å². The molecule has 15 heavy (non-hydrogen) atoms. The lowest BCUT2D eigenvalue weighted by atomic mass is 10.2. The number of benzene rings is 1. The highest BCUT2D eigenvalue weighted by Gasteiger charge is 2.03. The standard InChI is InChI=1S/C12H16BrNO/c1-14(8-7-12(15)9-13)10-11-5-3-2-4-6-11/h2-6H,7-10H2,1H3. The van der Waals surface area contributed by atoms with E-state index in [-0.39, 0.29) is 5.78 Å². The van der Waals surface area contributed by atoms with Crippen LogP contribution in [0.2, 0.25) is 0 Å². The number of rotatable bonds is 6. The molecule has 0 spiro atoms. The first-order valence-electron chi connectivity index (χ1n) is 5.02. The highest BCUT2D eigenvalue weighted by atomic mass is 79.9. The van der Waals surface area contributed by atoms with Gasteiger partial charge in [-0.1, -0.05) is 46.3 Å². The van der Waals surface area contributed by atoms with E-state index in [0.717, 1.165) is 13.1 Å². The molecule has 0 N–H and O–H groups in total. The molecule has 2 nitrogen and oxygen atoms in total. The highest BCUT2D eigenvalue weighted by molar-refractivity contribution is 9.09. The van der Waals surface area contributed by atoms with E-state index in [4.69, 9.17) is 0 Å². The first kappa shape index (κ1) is 12.4. The van der Waals surface area contributed by atoms with Crippen LogP contribution in [0, 0.1) is 0 Å². The Kier molecular flexibility index (Phi) is 5.58. The van der Waals surface area contributed by atoms with Gasteiger partial charge >= 0.3 is 0 Å². The van der Waals surface area contributed by atoms with Crippen molar-refractivity contribution in [2.75, 3.05) is 18.9 Å². The average molecular weight is 270 g/mol. The summed E-state index contributed by atoms with van der Waals surface area (Å²) < 4.78 is 0. The summed E-state index contributed by atoms with van der Waals surface area (Å²) >= 11 is 3.16. The molecule has 0 aliphatic rings. The molecule has 0 heterocycles. The normalized spacial score (nSPS) is 10.6. The number of alkyl halides is 1. The number of ketones is 1. The van der Waals surface area contributed by atoms with E-state index in [1.165, 1.54) is 5.56 Å². The van der Waals surface area contributed by atoms with E-state index in [2.05, 4.69) is 33.0 Å². The van der Waals surface area contributed by atoms with Gasteiger partial charge in [-0.2, -0.15) is 0 Å². The molecule has 0 saturated heterocycles. The Morgan fingerprint density at radius 2 is 2.00 bits per heavy atom. The Bertz CT molecular complexity index is 300. The average Bonchev–Trinajstić information content (AvgIpc) is 2.27. The van der Waals surface area contributed by atoms with Crippen LogP contribution in [0.25, 0.3) is 0 Å². The fourth-order valence-corrected chi connectivity index (χ4v) is 1.64. The molecule has 82 valence electrons. The van der Waals surface area contributed by atoms with E-state index in [1.54, 1.807) is 0 Å². The molecular weight excluding hydrogens is 254 g/mol. The van der Waals surface area contributed by atoms with Crippen molar-refractivity contribution in [2.24, 2.45) is 0 Å². The van der Waals surface area contributed by atoms with Crippen LogP contribution in [0.1, 0.15) is 12.0 Å². The lowest BCUT2D eigenvalue weighted by molar-refractivity contribution is -0.116. The largest absolute Gasteiger partial charge is 0.302 e. The minimum absolute atomic E-state index is 0.259. The van der Waals surface area contributed by atoms with Gasteiger partial charge in [0.2, 0.25) is 0 Å². The summed E-state index contributed by atoms with van der Waals surface area (Å²) in [6, 6.07) is 10.3. The van der Waals surface area contributed by atoms with Crippen molar-refractivity contribution in [1.82, 2.24) is 4.90 Å². The molecule has 1 aromatic carbocycles. The Balaban J connectivity index is 2.30. The number of hydrogen-bond donors (Lipinski definition) is 0. The van der Waals surface area contributed by atoms with Crippen molar-refractivity contribution in [3.63, 3.8) is 0 Å². The van der Waals surface area contributed by atoms with E-state index < -0.39 is 0 Å². The number of Topliss-reactive ketones (excluding diaryl/α,β-unsaturated/α-hetero) is 1. The van der Waals surface area contributed by atoms with E-state index in [1.807, 2.05) is 25.2 Å². The van der Waals surface area contributed by atoms with Gasteiger partial charge in [0.25, 0.3) is 0 Å². The molecule has 1 aromatic rings. The van der Waals surface area contributed by atoms with Gasteiger partial charge in [0.15, 0.2) is 0 Å². The maximum Gasteiger partial charge on any atom is 0.144 e. The van der Waals surface area contributed by atoms with Crippen LogP contribution in [0.4, 0.5) is 0 Å². The zero-order valence-electron chi connectivity index (χ0n) is 8.95. The summed E-state index contributed by atoms with van der Waals surface area (Å²) in [6.07, 6.45) is 0.620. The predicted octanol–water partition coefficient (Wildman–Crippen LogP) is 2.47. The van der Waals surface area contributed by atoms with Crippen molar-refractivity contribution in [1.29, 1.82) is 0 Å². The van der Waals surface area contributed by atoms with E-state index >= 15 is 0 Å². The lowest BCUT2D eigenvalue weighted by Gasteiger charge is -2.15. The number of nitrogens with zero attached hydrogens (tertiary/aromatic N) is 1. The Morgan fingerprint density at radius 1 is 1.33 bits per heavy atom. The molecule has 3 heteroatoms. The maximum absolute atomic E-state index is 11.1. The zero-order valence-corrected chi connectivity index (χ0v) is 10.5. The molecule has 0 radical (unpaired) electrons. The molecule has 0 atom stereocenters. The van der Waals surface area contributed by atoms with Crippen molar-refractivity contribution in [3.8, 4) is 0 Å². The number of hydrogen-bond acceptors (Lipinski definition) is 2. The van der Waals surface area contributed by atoms with Crippen LogP contribution >= 0.6 is 15.9 Å². The molecule has 0 aliphatic carbocycles. The van der Waals surface area contributed by atoms with Crippen LogP contribution in [0.15, 0.2) is 30.3 Å². The molecular formula is C12H16BrNO. The van der Waals surface area contributed by atoms with Gasteiger partial charge in [-0.15, -0.1) is 0 Å². The third-order valence-corrected chi connectivity index (χ3v) is 2.84. The summed E-state index contributed by atoms with van der Waals surface area (Å²) in [4.78, 5) is 13.3. The fourth-order valence-electron chi connectivity index (χ4n) is 1.36. The van der Waals surface area contributed by atoms with Gasteiger partial charge in [-0.3, -0.25) is 4.79 Å². The SMILES string of the molecule is CN(CCC(=O)CBr)Cc1ccccc1. The van der Waals surface area contributed by atoms with Crippen LogP contribution in [0.3, 0.4) is 0 Å². The van der Waals surface area contributed by atoms with Gasteiger partial charge in [-0.25, -0.2) is 0 Å². The third kappa shape index (κ3) is 5.09. The van der Waals surface area contributed by atoms with Crippen molar-refractivity contribution < 1.29 is 4.79 Å². The van der Waals surface area contributed by atoms with Crippen molar-refractivity contribution in [2.45, 2.75) is 13.0 Å². The summed E-state index contributed by atoms with van der Waals surface area (Å²) in [5, 5.41) is 0.464. The second kappa shape index (κ2) is 6.75. The fraction of sp³-hybridized carbons (Fsp3) is 0.417. The highest BCUT2D eigenvalue weighted by Crippen LogP contribution is 2.03. The van der Waals surface area contributed by atoms with Gasteiger partial charge in [0.1, 0.15) is 5.78 Å². The second-order valence-corrected chi connectivity index (χ2v) is 4.21. The molecule has 0 amide bonds. The van der Waals surface area contributed by atoms with Crippen LogP contribution in [0.5, 0.6) is 0 Å². The van der Waals surface area contributed by atoms with Gasteiger partial charge in [-0.05, 0) is 12.6 Å². The molecule has 1 rings (SSSR count). The molecule has 0 bridgehead atoms. The first-order chi connectivity index (χ1) is 7.22. The Morgan fingerprint density at radius 3 is 2.60 bits per heavy atom. The van der Waals surface area contributed by atoms with Crippen LogP contribution in [-0.2, 0) is 11.3 Å². The monoisotopic (exact) mass is 269 g/mol. The van der Waals surface area contributed by atoms with Crippen LogP contribution < -0.4 is 0 Å². The Hall–Kier alpha value is -0.670. The second-order valence-electron chi connectivity index (χ2n) is 3.65. The molecule has 0 unspecified atom stereocenters. The number of halogens is 1. The molecule has 0 fully saturated rings. The van der Waals surface area contributed by atoms with Crippen LogP contribution in [-0.4, -0.2) is 29.6 Å². The van der Waals surface area contributed by atoms with Crippen molar-refractivity contribution in [3.05, 3.63) is 35.9 Å². The number of carbonyl (C=O) groups is 1. The van der Waals surface area contributed by atoms with E-state index in [0.29, 0.717) is 11.8 Å². The minimum atomic E-state index is 0.259. The third-order valence-electron chi connectivity index (χ3n) is 2.22. The van der Waals surface area contributed by atoms with Crippen molar-refractivity contribution >= 4 is 21.7 Å². The van der Waals surface area contributed by atoms with Gasteiger partial charge < -0.3 is 4.90 Å². The first-order valence-corrected chi connectivity index (χ1v) is 6.14. The van der Waals surface area contributed by atoms with Gasteiger partial charge in [0, 0.05) is 19.5 Å². The molecule has 0 aromatic heterocycles. The summed E-state index contributed by atoms with van der Waals surface area (Å²) in [5.41, 5.74) is 1.28. The lowest BCUT2D eigenvalue weighted by Crippen LogP contribution is -2.21. The summed E-state index contributed by atoms with van der Waals surface area (Å²) in [5.74, 6) is 0.259. The van der Waals surface area contributed by atoms with Gasteiger partial charge in [0.05, 0.1) is 5.33 Å².